The molecule has 0 saturated carbocycles. The van der Waals surface area contributed by atoms with E-state index in [1.54, 1.807) is 0 Å². The zero-order valence-corrected chi connectivity index (χ0v) is 9.12. The van der Waals surface area contributed by atoms with E-state index < -0.39 is 0 Å². The second kappa shape index (κ2) is 4.58. The number of hydrogen-bond donors (Lipinski definition) is 2. The molecule has 0 saturated heterocycles. The van der Waals surface area contributed by atoms with Crippen molar-refractivity contribution in [1.82, 2.24) is 0 Å². The predicted molar refractivity (Wildman–Crippen MR) is 59.3 cm³/mol. The summed E-state index contributed by atoms with van der Waals surface area (Å²) in [7, 11) is 0. The Bertz CT molecular complexity index is 307. The first-order valence-electron chi connectivity index (χ1n) is 5.03. The Morgan fingerprint density at radius 3 is 2.50 bits per heavy atom. The number of aryl methyl sites for hydroxylation is 1. The molecule has 2 heteroatoms. The van der Waals surface area contributed by atoms with Gasteiger partial charge in [-0.2, -0.15) is 0 Å². The van der Waals surface area contributed by atoms with Crippen molar-refractivity contribution in [2.45, 2.75) is 32.7 Å². The molecule has 14 heavy (non-hydrogen) atoms. The van der Waals surface area contributed by atoms with Crippen LogP contribution in [-0.2, 0) is 0 Å². The lowest BCUT2D eigenvalue weighted by molar-refractivity contribution is 0.267. The Labute approximate surface area is 85.8 Å². The van der Waals surface area contributed by atoms with Crippen LogP contribution in [0, 0.1) is 6.92 Å². The molecule has 2 nitrogen and oxygen atoms in total. The number of hydrogen-bond acceptors (Lipinski definition) is 2. The number of aliphatic hydroxyl groups is 1. The lowest BCUT2D eigenvalue weighted by Gasteiger charge is -2.15. The summed E-state index contributed by atoms with van der Waals surface area (Å²) in [5, 5.41) is 9.02. The topological polar surface area (TPSA) is 46.2 Å². The molecule has 3 N–H and O–H groups in total. The van der Waals surface area contributed by atoms with Gasteiger partial charge < -0.3 is 10.8 Å². The molecule has 1 rings (SSSR count). The van der Waals surface area contributed by atoms with E-state index >= 15 is 0 Å². The van der Waals surface area contributed by atoms with Gasteiger partial charge in [0, 0.05) is 0 Å². The second-order valence-electron chi connectivity index (χ2n) is 4.06. The molecule has 0 aliphatic rings. The van der Waals surface area contributed by atoms with Crippen molar-refractivity contribution >= 4 is 0 Å². The first kappa shape index (κ1) is 11.2. The van der Waals surface area contributed by atoms with Crippen LogP contribution in [0.1, 0.15) is 42.5 Å². The molecule has 0 bridgehead atoms. The van der Waals surface area contributed by atoms with Gasteiger partial charge in [-0.25, -0.2) is 0 Å². The molecule has 0 fully saturated rings. The van der Waals surface area contributed by atoms with Crippen LogP contribution in [0.15, 0.2) is 18.2 Å². The van der Waals surface area contributed by atoms with Crippen molar-refractivity contribution in [3.05, 3.63) is 34.9 Å². The molecule has 1 aromatic carbocycles. The van der Waals surface area contributed by atoms with E-state index in [1.807, 2.05) is 6.92 Å². The third-order valence-corrected chi connectivity index (χ3v) is 2.57. The Kier molecular flexibility index (Phi) is 3.67. The molecule has 1 atom stereocenters. The van der Waals surface area contributed by atoms with Crippen LogP contribution >= 0.6 is 0 Å². The maximum atomic E-state index is 9.02. The smallest absolute Gasteiger partial charge is 0.0624 e. The molecule has 0 heterocycles. The zero-order valence-electron chi connectivity index (χ0n) is 9.12. The summed E-state index contributed by atoms with van der Waals surface area (Å²) in [6, 6.07) is 6.03. The summed E-state index contributed by atoms with van der Waals surface area (Å²) < 4.78 is 0. The zero-order chi connectivity index (χ0) is 10.7. The van der Waals surface area contributed by atoms with Gasteiger partial charge in [-0.15, -0.1) is 0 Å². The Balaban J connectivity index is 3.08. The van der Waals surface area contributed by atoms with Gasteiger partial charge in [-0.3, -0.25) is 0 Å². The predicted octanol–water partition coefficient (Wildman–Crippen LogP) is 2.11. The summed E-state index contributed by atoms with van der Waals surface area (Å²) in [6.07, 6.45) is 0. The maximum Gasteiger partial charge on any atom is 0.0624 e. The van der Waals surface area contributed by atoms with Crippen LogP contribution in [0.5, 0.6) is 0 Å². The van der Waals surface area contributed by atoms with Gasteiger partial charge in [-0.05, 0) is 29.5 Å². The number of benzene rings is 1. The largest absolute Gasteiger partial charge is 0.394 e. The maximum absolute atomic E-state index is 9.02. The average molecular weight is 193 g/mol. The first-order chi connectivity index (χ1) is 6.56. The van der Waals surface area contributed by atoms with E-state index in [4.69, 9.17) is 10.8 Å². The minimum Gasteiger partial charge on any atom is -0.394 e. The van der Waals surface area contributed by atoms with Crippen molar-refractivity contribution in [3.63, 3.8) is 0 Å². The molecule has 0 radical (unpaired) electrons. The second-order valence-corrected chi connectivity index (χ2v) is 4.06. The van der Waals surface area contributed by atoms with Crippen LogP contribution in [-0.4, -0.2) is 11.7 Å². The van der Waals surface area contributed by atoms with E-state index in [2.05, 4.69) is 32.0 Å². The number of rotatable bonds is 3. The van der Waals surface area contributed by atoms with Gasteiger partial charge in [-0.1, -0.05) is 32.0 Å². The fraction of sp³-hybridized carbons (Fsp3) is 0.500. The Morgan fingerprint density at radius 2 is 2.00 bits per heavy atom. The van der Waals surface area contributed by atoms with E-state index in [9.17, 15) is 0 Å². The van der Waals surface area contributed by atoms with Crippen molar-refractivity contribution in [1.29, 1.82) is 0 Å². The summed E-state index contributed by atoms with van der Waals surface area (Å²) in [5.41, 5.74) is 9.29. The van der Waals surface area contributed by atoms with E-state index in [1.165, 1.54) is 5.56 Å². The molecule has 0 spiro atoms. The van der Waals surface area contributed by atoms with Gasteiger partial charge in [0.25, 0.3) is 0 Å². The van der Waals surface area contributed by atoms with Crippen molar-refractivity contribution in [3.8, 4) is 0 Å². The van der Waals surface area contributed by atoms with Crippen molar-refractivity contribution < 1.29 is 5.11 Å². The molecular formula is C12H19NO. The molecule has 0 amide bonds. The molecule has 1 aromatic rings. The molecule has 0 aromatic heterocycles. The van der Waals surface area contributed by atoms with Gasteiger partial charge in [0.15, 0.2) is 0 Å². The highest BCUT2D eigenvalue weighted by Crippen LogP contribution is 2.22. The molecule has 0 aliphatic heterocycles. The fourth-order valence-electron chi connectivity index (χ4n) is 1.52. The van der Waals surface area contributed by atoms with Crippen molar-refractivity contribution in [2.75, 3.05) is 6.61 Å². The van der Waals surface area contributed by atoms with E-state index in [0.29, 0.717) is 5.92 Å². The van der Waals surface area contributed by atoms with Crippen LogP contribution < -0.4 is 5.73 Å². The van der Waals surface area contributed by atoms with E-state index in [-0.39, 0.29) is 12.6 Å². The molecule has 78 valence electrons. The third-order valence-electron chi connectivity index (χ3n) is 2.57. The highest BCUT2D eigenvalue weighted by Gasteiger charge is 2.09. The molecule has 0 aliphatic carbocycles. The van der Waals surface area contributed by atoms with Gasteiger partial charge in [0.1, 0.15) is 0 Å². The van der Waals surface area contributed by atoms with Crippen molar-refractivity contribution in [2.24, 2.45) is 5.73 Å². The normalized spacial score (nSPS) is 13.3. The Morgan fingerprint density at radius 1 is 1.36 bits per heavy atom. The van der Waals surface area contributed by atoms with Crippen LogP contribution in [0.4, 0.5) is 0 Å². The molecular weight excluding hydrogens is 174 g/mol. The van der Waals surface area contributed by atoms with Crippen LogP contribution in [0.2, 0.25) is 0 Å². The van der Waals surface area contributed by atoms with Gasteiger partial charge in [0.2, 0.25) is 0 Å². The summed E-state index contributed by atoms with van der Waals surface area (Å²) in [6.45, 7) is 6.33. The Hall–Kier alpha value is -0.860. The monoisotopic (exact) mass is 193 g/mol. The summed E-state index contributed by atoms with van der Waals surface area (Å²) >= 11 is 0. The third kappa shape index (κ3) is 2.34. The fourth-order valence-corrected chi connectivity index (χ4v) is 1.52. The highest BCUT2D eigenvalue weighted by atomic mass is 16.3. The molecule has 0 unspecified atom stereocenters. The van der Waals surface area contributed by atoms with Crippen LogP contribution in [0.3, 0.4) is 0 Å². The van der Waals surface area contributed by atoms with Crippen LogP contribution in [0.25, 0.3) is 0 Å². The summed E-state index contributed by atoms with van der Waals surface area (Å²) in [4.78, 5) is 0. The SMILES string of the molecule is Cc1ccc(C(C)C)cc1[C@H](N)CO. The number of nitrogens with two attached hydrogens (primary N) is 1. The van der Waals surface area contributed by atoms with Gasteiger partial charge in [0.05, 0.1) is 12.6 Å². The quantitative estimate of drug-likeness (QED) is 0.772. The minimum atomic E-state index is -0.256. The minimum absolute atomic E-state index is 0.00237. The lowest BCUT2D eigenvalue weighted by Crippen LogP contribution is -2.16. The average Bonchev–Trinajstić information content (AvgIpc) is 2.17. The first-order valence-corrected chi connectivity index (χ1v) is 5.03. The standard InChI is InChI=1S/C12H19NO/c1-8(2)10-5-4-9(3)11(6-10)12(13)7-14/h4-6,8,12,14H,7,13H2,1-3H3/t12-/m1/s1. The highest BCUT2D eigenvalue weighted by molar-refractivity contribution is 5.34. The van der Waals surface area contributed by atoms with Gasteiger partial charge >= 0.3 is 0 Å². The number of aliphatic hydroxyl groups excluding tert-OH is 1. The summed E-state index contributed by atoms with van der Waals surface area (Å²) in [5.74, 6) is 0.500. The van der Waals surface area contributed by atoms with E-state index in [0.717, 1.165) is 11.1 Å². The lowest BCUT2D eigenvalue weighted by atomic mass is 9.95.